The zero-order valence-corrected chi connectivity index (χ0v) is 41.7. The van der Waals surface area contributed by atoms with Crippen LogP contribution >= 0.6 is 0 Å². The van der Waals surface area contributed by atoms with E-state index in [9.17, 15) is 0 Å². The van der Waals surface area contributed by atoms with Crippen molar-refractivity contribution in [3.05, 3.63) is 291 Å². The Morgan fingerprint density at radius 2 is 0.526 bits per heavy atom. The van der Waals surface area contributed by atoms with Crippen molar-refractivity contribution in [2.75, 3.05) is 0 Å². The molecule has 0 spiro atoms. The Bertz CT molecular complexity index is 4780. The molecule has 352 valence electrons. The van der Waals surface area contributed by atoms with E-state index in [1.807, 2.05) is 0 Å². The van der Waals surface area contributed by atoms with Crippen LogP contribution in [-0.2, 0) is 0 Å². The molecule has 0 bridgehead atoms. The molecular weight excluding hydrogens is 913 g/mol. The molecule has 0 aliphatic heterocycles. The second-order valence-electron chi connectivity index (χ2n) is 20.3. The van der Waals surface area contributed by atoms with Gasteiger partial charge in [0.25, 0.3) is 0 Å². The Kier molecular flexibility index (Phi) is 10.3. The van der Waals surface area contributed by atoms with Crippen molar-refractivity contribution in [3.8, 4) is 77.9 Å². The molecule has 76 heavy (non-hydrogen) atoms. The van der Waals surface area contributed by atoms with Gasteiger partial charge < -0.3 is 0 Å². The lowest BCUT2D eigenvalue weighted by Crippen LogP contribution is -1.96. The maximum absolute atomic E-state index is 2.57. The predicted molar refractivity (Wildman–Crippen MR) is 327 cm³/mol. The monoisotopic (exact) mass is 960 g/mol. The van der Waals surface area contributed by atoms with Gasteiger partial charge in [0, 0.05) is 0 Å². The predicted octanol–water partition coefficient (Wildman–Crippen LogP) is 21.4. The highest BCUT2D eigenvalue weighted by Gasteiger charge is 2.24. The maximum atomic E-state index is 2.57. The molecule has 0 atom stereocenters. The molecule has 0 amide bonds. The molecule has 0 aliphatic carbocycles. The molecule has 0 saturated heterocycles. The minimum atomic E-state index is 1.18. The van der Waals surface area contributed by atoms with Crippen LogP contribution in [0.2, 0.25) is 0 Å². The summed E-state index contributed by atoms with van der Waals surface area (Å²) >= 11 is 0. The molecule has 0 fully saturated rings. The van der Waals surface area contributed by atoms with E-state index in [1.165, 1.54) is 153 Å². The first-order chi connectivity index (χ1) is 37.7. The van der Waals surface area contributed by atoms with Crippen LogP contribution in [0.25, 0.3) is 153 Å². The molecule has 15 aromatic rings. The minimum absolute atomic E-state index is 1.18. The van der Waals surface area contributed by atoms with Crippen LogP contribution in [0.3, 0.4) is 0 Å². The van der Waals surface area contributed by atoms with Crippen LogP contribution in [0, 0.1) is 0 Å². The summed E-state index contributed by atoms with van der Waals surface area (Å²) in [5, 5.41) is 17.2. The van der Waals surface area contributed by atoms with Gasteiger partial charge in [-0.25, -0.2) is 0 Å². The van der Waals surface area contributed by atoms with E-state index in [4.69, 9.17) is 0 Å². The zero-order chi connectivity index (χ0) is 50.1. The zero-order valence-electron chi connectivity index (χ0n) is 41.7. The van der Waals surface area contributed by atoms with Gasteiger partial charge in [0.05, 0.1) is 0 Å². The Hall–Kier alpha value is -9.88. The van der Waals surface area contributed by atoms with Gasteiger partial charge >= 0.3 is 0 Å². The highest BCUT2D eigenvalue weighted by Crippen LogP contribution is 2.51. The highest BCUT2D eigenvalue weighted by molar-refractivity contribution is 6.30. The van der Waals surface area contributed by atoms with Crippen LogP contribution in [0.5, 0.6) is 0 Å². The Balaban J connectivity index is 1.13. The molecule has 0 nitrogen and oxygen atoms in total. The SMILES string of the molecule is c1ccc(-c2ccc3c(-c4cccc(-c5cccc6ccccc56)c4)c4cc5c(cc4c(-c4cccc(-c6cccc7ccccc67)c4)c3c2)c(-c2ccccc2)c(-c2ccc3ccccc3c2)c2ccccc25)cc1. The summed E-state index contributed by atoms with van der Waals surface area (Å²) in [5.41, 5.74) is 16.9. The van der Waals surface area contributed by atoms with E-state index < -0.39 is 0 Å². The highest BCUT2D eigenvalue weighted by atomic mass is 14.3. The molecule has 0 heteroatoms. The molecule has 0 N–H and O–H groups in total. The fourth-order valence-electron chi connectivity index (χ4n) is 12.5. The summed E-state index contributed by atoms with van der Waals surface area (Å²) in [7, 11) is 0. The molecule has 0 unspecified atom stereocenters. The number of fused-ring (bicyclic) bond motifs is 8. The maximum Gasteiger partial charge on any atom is -0.00201 e. The summed E-state index contributed by atoms with van der Waals surface area (Å²) in [5.74, 6) is 0. The summed E-state index contributed by atoms with van der Waals surface area (Å²) in [6.45, 7) is 0. The first-order valence-corrected chi connectivity index (χ1v) is 26.4. The average Bonchev–Trinajstić information content (AvgIpc) is 3.57. The lowest BCUT2D eigenvalue weighted by molar-refractivity contribution is 1.61. The second-order valence-corrected chi connectivity index (χ2v) is 20.3. The minimum Gasteiger partial charge on any atom is -0.0622 e. The van der Waals surface area contributed by atoms with Gasteiger partial charge in [0.2, 0.25) is 0 Å². The van der Waals surface area contributed by atoms with E-state index >= 15 is 0 Å². The number of benzene rings is 15. The fourth-order valence-corrected chi connectivity index (χ4v) is 12.5. The third-order valence-electron chi connectivity index (χ3n) is 16.0. The van der Waals surface area contributed by atoms with Crippen molar-refractivity contribution in [1.82, 2.24) is 0 Å². The lowest BCUT2D eigenvalue weighted by atomic mass is 9.80. The number of hydrogen-bond donors (Lipinski definition) is 0. The van der Waals surface area contributed by atoms with Crippen LogP contribution in [0.15, 0.2) is 291 Å². The topological polar surface area (TPSA) is 0 Å². The molecule has 0 aliphatic rings. The second kappa shape index (κ2) is 18.0. The van der Waals surface area contributed by atoms with Crippen molar-refractivity contribution in [1.29, 1.82) is 0 Å². The van der Waals surface area contributed by atoms with E-state index in [2.05, 4.69) is 291 Å². The Morgan fingerprint density at radius 3 is 1.17 bits per heavy atom. The Morgan fingerprint density at radius 1 is 0.132 bits per heavy atom. The normalized spacial score (nSPS) is 11.7. The standard InChI is InChI=1S/C76H48/c1-3-19-49(20-4-1)55-41-42-67-69(46-55)74(59-32-16-30-57(45-59)64-38-18-28-52-23-10-12-34-62(52)64)72-48-70-68(47-71(72)73(67)58-31-15-29-56(44-58)63-37-17-27-51-22-9-11-33-61(51)63)65-35-13-14-36-66(65)76(75(70)53-24-5-2-6-25-53)60-40-39-50-21-7-8-26-54(50)43-60/h1-48H. The summed E-state index contributed by atoms with van der Waals surface area (Å²) in [4.78, 5) is 0. The van der Waals surface area contributed by atoms with Gasteiger partial charge in [-0.05, 0) is 190 Å². The molecule has 0 saturated carbocycles. The summed E-state index contributed by atoms with van der Waals surface area (Å²) in [6, 6.07) is 109. The van der Waals surface area contributed by atoms with E-state index in [0.29, 0.717) is 0 Å². The van der Waals surface area contributed by atoms with E-state index in [0.717, 1.165) is 0 Å². The Labute approximate surface area is 442 Å². The van der Waals surface area contributed by atoms with Gasteiger partial charge in [-0.2, -0.15) is 0 Å². The summed E-state index contributed by atoms with van der Waals surface area (Å²) < 4.78 is 0. The molecule has 0 aromatic heterocycles. The smallest absolute Gasteiger partial charge is 0.00201 e. The van der Waals surface area contributed by atoms with Crippen LogP contribution in [-0.4, -0.2) is 0 Å². The average molecular weight is 961 g/mol. The number of rotatable bonds is 7. The van der Waals surface area contributed by atoms with Crippen molar-refractivity contribution in [2.24, 2.45) is 0 Å². The molecule has 15 aromatic carbocycles. The first kappa shape index (κ1) is 43.7. The van der Waals surface area contributed by atoms with Crippen molar-refractivity contribution < 1.29 is 0 Å². The largest absolute Gasteiger partial charge is 0.0622 e. The van der Waals surface area contributed by atoms with Gasteiger partial charge in [-0.1, -0.05) is 255 Å². The van der Waals surface area contributed by atoms with Crippen LogP contribution in [0.4, 0.5) is 0 Å². The van der Waals surface area contributed by atoms with E-state index in [1.54, 1.807) is 0 Å². The first-order valence-electron chi connectivity index (χ1n) is 26.4. The van der Waals surface area contributed by atoms with E-state index in [-0.39, 0.29) is 0 Å². The van der Waals surface area contributed by atoms with Crippen molar-refractivity contribution >= 4 is 75.4 Å². The third-order valence-corrected chi connectivity index (χ3v) is 16.0. The van der Waals surface area contributed by atoms with Gasteiger partial charge in [-0.15, -0.1) is 0 Å². The van der Waals surface area contributed by atoms with Crippen molar-refractivity contribution in [3.63, 3.8) is 0 Å². The van der Waals surface area contributed by atoms with Gasteiger partial charge in [0.1, 0.15) is 0 Å². The molecular formula is C76H48. The number of hydrogen-bond acceptors (Lipinski definition) is 0. The molecule has 0 heterocycles. The lowest BCUT2D eigenvalue weighted by Gasteiger charge is -2.23. The fraction of sp³-hybridized carbons (Fsp3) is 0. The molecule has 0 radical (unpaired) electrons. The van der Waals surface area contributed by atoms with Crippen molar-refractivity contribution in [2.45, 2.75) is 0 Å². The van der Waals surface area contributed by atoms with Crippen LogP contribution in [0.1, 0.15) is 0 Å². The molecule has 15 rings (SSSR count). The van der Waals surface area contributed by atoms with Gasteiger partial charge in [0.15, 0.2) is 0 Å². The van der Waals surface area contributed by atoms with Crippen LogP contribution < -0.4 is 0 Å². The van der Waals surface area contributed by atoms with Gasteiger partial charge in [-0.3, -0.25) is 0 Å². The quantitative estimate of drug-likeness (QED) is 0.110. The third kappa shape index (κ3) is 7.22. The summed E-state index contributed by atoms with van der Waals surface area (Å²) in [6.07, 6.45) is 0.